The van der Waals surface area contributed by atoms with E-state index in [2.05, 4.69) is 15.7 Å². The first-order valence-corrected chi connectivity index (χ1v) is 17.3. The maximum absolute atomic E-state index is 13.9. The van der Waals surface area contributed by atoms with Gasteiger partial charge in [-0.25, -0.2) is 13.1 Å². The number of likely N-dealkylation sites (tertiary alicyclic amines) is 1. The Hall–Kier alpha value is -2.94. The lowest BCUT2D eigenvalue weighted by Crippen LogP contribution is -2.36. The molecule has 5 rings (SSSR count). The molecule has 0 aromatic heterocycles. The lowest BCUT2D eigenvalue weighted by molar-refractivity contribution is 0.0783. The molecule has 6 nitrogen and oxygen atoms in total. The van der Waals surface area contributed by atoms with Gasteiger partial charge in [-0.1, -0.05) is 83.9 Å². The molecule has 44 heavy (non-hydrogen) atoms. The molecule has 1 fully saturated rings. The van der Waals surface area contributed by atoms with Gasteiger partial charge in [0.25, 0.3) is 5.91 Å². The van der Waals surface area contributed by atoms with Crippen molar-refractivity contribution in [2.45, 2.75) is 42.9 Å². The number of nitrogens with one attached hydrogen (secondary N) is 1. The fraction of sp³-hybridized carbons (Fsp3) is 0.343. The van der Waals surface area contributed by atoms with Crippen molar-refractivity contribution in [3.05, 3.63) is 111 Å². The average molecular weight is 653 g/mol. The summed E-state index contributed by atoms with van der Waals surface area (Å²) in [7, 11) is -0.197. The number of benzene rings is 4. The summed E-state index contributed by atoms with van der Waals surface area (Å²) in [5.74, 6) is 0.234. The molecule has 1 saturated heterocycles. The predicted molar refractivity (Wildman–Crippen MR) is 181 cm³/mol. The summed E-state index contributed by atoms with van der Waals surface area (Å²) in [6.45, 7) is 5.11. The Kier molecular flexibility index (Phi) is 10.3. The van der Waals surface area contributed by atoms with Gasteiger partial charge in [-0.05, 0) is 104 Å². The fourth-order valence-electron chi connectivity index (χ4n) is 6.38. The van der Waals surface area contributed by atoms with E-state index in [1.807, 2.05) is 79.5 Å². The van der Waals surface area contributed by atoms with Crippen LogP contribution >= 0.6 is 23.2 Å². The highest BCUT2D eigenvalue weighted by Crippen LogP contribution is 2.34. The van der Waals surface area contributed by atoms with Crippen molar-refractivity contribution in [3.8, 4) is 0 Å². The number of carbonyl (C=O) groups is 1. The number of carbonyl (C=O) groups excluding carboxylic acids is 1. The number of likely N-dealkylation sites (N-methyl/N-ethyl adjacent to an activating group) is 1. The van der Waals surface area contributed by atoms with Crippen molar-refractivity contribution in [2.24, 2.45) is 0 Å². The first-order valence-electron chi connectivity index (χ1n) is 15.0. The van der Waals surface area contributed by atoms with Crippen LogP contribution in [0.1, 0.15) is 58.1 Å². The molecule has 4 aromatic carbocycles. The van der Waals surface area contributed by atoms with Crippen molar-refractivity contribution in [2.75, 3.05) is 40.3 Å². The van der Waals surface area contributed by atoms with E-state index in [0.717, 1.165) is 71.9 Å². The zero-order valence-electron chi connectivity index (χ0n) is 25.4. The summed E-state index contributed by atoms with van der Waals surface area (Å²) in [5, 5.41) is 3.02. The molecule has 9 heteroatoms. The summed E-state index contributed by atoms with van der Waals surface area (Å²) in [5.41, 5.74) is 3.63. The van der Waals surface area contributed by atoms with E-state index in [0.29, 0.717) is 21.5 Å². The van der Waals surface area contributed by atoms with E-state index in [1.54, 1.807) is 12.1 Å². The third-order valence-corrected chi connectivity index (χ3v) is 11.1. The van der Waals surface area contributed by atoms with E-state index in [4.69, 9.17) is 23.2 Å². The lowest BCUT2D eigenvalue weighted by Gasteiger charge is -2.34. The fourth-order valence-corrected chi connectivity index (χ4v) is 7.71. The Morgan fingerprint density at radius 2 is 1.68 bits per heavy atom. The van der Waals surface area contributed by atoms with Gasteiger partial charge in [-0.15, -0.1) is 0 Å². The van der Waals surface area contributed by atoms with Crippen molar-refractivity contribution in [3.63, 3.8) is 0 Å². The second kappa shape index (κ2) is 14.0. The van der Waals surface area contributed by atoms with Crippen LogP contribution in [0.2, 0.25) is 10.0 Å². The molecular formula is C35H39Cl2N3O3S. The van der Waals surface area contributed by atoms with Gasteiger partial charge in [-0.2, -0.15) is 0 Å². The van der Waals surface area contributed by atoms with Crippen LogP contribution in [0, 0.1) is 6.92 Å². The zero-order chi connectivity index (χ0) is 31.4. The van der Waals surface area contributed by atoms with Gasteiger partial charge in [-0.3, -0.25) is 4.79 Å². The summed E-state index contributed by atoms with van der Waals surface area (Å²) < 4.78 is 27.7. The number of piperidine rings is 1. The smallest absolute Gasteiger partial charge is 0.254 e. The number of sulfonamides is 1. The third kappa shape index (κ3) is 7.13. The highest BCUT2D eigenvalue weighted by atomic mass is 35.5. The van der Waals surface area contributed by atoms with Crippen LogP contribution < -0.4 is 4.72 Å². The second-order valence-corrected chi connectivity index (χ2v) is 14.4. The van der Waals surface area contributed by atoms with Gasteiger partial charge in [0, 0.05) is 19.5 Å². The van der Waals surface area contributed by atoms with Crippen molar-refractivity contribution >= 4 is 49.9 Å². The van der Waals surface area contributed by atoms with Gasteiger partial charge in [0.15, 0.2) is 0 Å². The van der Waals surface area contributed by atoms with Crippen LogP contribution in [0.25, 0.3) is 10.8 Å². The Morgan fingerprint density at radius 1 is 0.977 bits per heavy atom. The average Bonchev–Trinajstić information content (AvgIpc) is 3.04. The van der Waals surface area contributed by atoms with Crippen molar-refractivity contribution in [1.82, 2.24) is 14.5 Å². The van der Waals surface area contributed by atoms with Crippen molar-refractivity contribution < 1.29 is 13.2 Å². The van der Waals surface area contributed by atoms with Gasteiger partial charge < -0.3 is 9.80 Å². The Morgan fingerprint density at radius 3 is 2.41 bits per heavy atom. The summed E-state index contributed by atoms with van der Waals surface area (Å²) in [6.07, 6.45) is 2.60. The minimum atomic E-state index is -3.52. The quantitative estimate of drug-likeness (QED) is 0.193. The molecular weight excluding hydrogens is 613 g/mol. The maximum atomic E-state index is 13.9. The molecule has 0 unspecified atom stereocenters. The molecule has 0 spiro atoms. The Labute approximate surface area is 271 Å². The molecule has 232 valence electrons. The summed E-state index contributed by atoms with van der Waals surface area (Å²) in [6, 6.07) is 25.1. The molecule has 1 aliphatic rings. The SMILES string of the molecule is CNS(=O)(=O)c1ccccc1C1CCN(CC[C@H](CN(C)C(=O)c2c(C)ccc3ccccc23)c2ccc(Cl)c(Cl)c2)CC1. The molecule has 1 aliphatic heterocycles. The van der Waals surface area contributed by atoms with Crippen LogP contribution in [0.3, 0.4) is 0 Å². The summed E-state index contributed by atoms with van der Waals surface area (Å²) >= 11 is 12.7. The standard InChI is InChI=1S/C35H39Cl2N3O3S/c1-24-12-13-25-8-4-5-10-30(25)34(24)35(41)39(3)23-28(27-14-15-31(36)32(37)22-27)18-21-40-19-16-26(17-20-40)29-9-6-7-11-33(29)44(42,43)38-2/h4-15,22,26,28,38H,16-21,23H2,1-3H3/t28-/m1/s1. The van der Waals surface area contributed by atoms with Crippen LogP contribution in [-0.4, -0.2) is 64.4 Å². The number of aryl methyl sites for hydroxylation is 1. The highest BCUT2D eigenvalue weighted by Gasteiger charge is 2.27. The molecule has 1 amide bonds. The normalized spacial score (nSPS) is 15.4. The number of fused-ring (bicyclic) bond motifs is 1. The minimum Gasteiger partial charge on any atom is -0.341 e. The van der Waals surface area contributed by atoms with E-state index in [1.165, 1.54) is 7.05 Å². The highest BCUT2D eigenvalue weighted by molar-refractivity contribution is 7.89. The number of hydrogen-bond donors (Lipinski definition) is 1. The Bertz CT molecular complexity index is 1750. The largest absolute Gasteiger partial charge is 0.341 e. The molecule has 0 aliphatic carbocycles. The number of hydrogen-bond acceptors (Lipinski definition) is 4. The zero-order valence-corrected chi connectivity index (χ0v) is 27.7. The molecule has 1 heterocycles. The van der Waals surface area contributed by atoms with E-state index in [-0.39, 0.29) is 17.7 Å². The van der Waals surface area contributed by atoms with Gasteiger partial charge in [0.2, 0.25) is 10.0 Å². The molecule has 0 bridgehead atoms. The molecule has 1 atom stereocenters. The number of rotatable bonds is 10. The third-order valence-electron chi connectivity index (χ3n) is 8.91. The number of amides is 1. The first-order chi connectivity index (χ1) is 21.1. The minimum absolute atomic E-state index is 0.000335. The molecule has 4 aromatic rings. The molecule has 1 N–H and O–H groups in total. The van der Waals surface area contributed by atoms with Gasteiger partial charge in [0.1, 0.15) is 0 Å². The maximum Gasteiger partial charge on any atom is 0.254 e. The topological polar surface area (TPSA) is 69.7 Å². The van der Waals surface area contributed by atoms with Crippen LogP contribution in [0.15, 0.2) is 83.8 Å². The van der Waals surface area contributed by atoms with Crippen LogP contribution in [-0.2, 0) is 10.0 Å². The predicted octanol–water partition coefficient (Wildman–Crippen LogP) is 7.49. The number of nitrogens with zero attached hydrogens (tertiary/aromatic N) is 2. The Balaban J connectivity index is 1.30. The van der Waals surface area contributed by atoms with E-state index in [9.17, 15) is 13.2 Å². The van der Waals surface area contributed by atoms with Crippen LogP contribution in [0.4, 0.5) is 0 Å². The first kappa shape index (κ1) is 32.5. The van der Waals surface area contributed by atoms with Crippen molar-refractivity contribution in [1.29, 1.82) is 0 Å². The van der Waals surface area contributed by atoms with E-state index >= 15 is 0 Å². The second-order valence-electron chi connectivity index (χ2n) is 11.7. The van der Waals surface area contributed by atoms with Gasteiger partial charge >= 0.3 is 0 Å². The van der Waals surface area contributed by atoms with E-state index < -0.39 is 10.0 Å². The number of halogens is 2. The lowest BCUT2D eigenvalue weighted by atomic mass is 9.88. The molecule has 0 saturated carbocycles. The molecule has 0 radical (unpaired) electrons. The van der Waals surface area contributed by atoms with Crippen LogP contribution in [0.5, 0.6) is 0 Å². The monoisotopic (exact) mass is 651 g/mol. The summed E-state index contributed by atoms with van der Waals surface area (Å²) in [4.78, 5) is 18.5. The van der Waals surface area contributed by atoms with Gasteiger partial charge in [0.05, 0.1) is 20.5 Å².